The predicted octanol–water partition coefficient (Wildman–Crippen LogP) is 5.35. The number of anilines is 2. The number of carbonyl (C=O) groups excluding carboxylic acids is 1. The van der Waals surface area contributed by atoms with Gasteiger partial charge in [-0.2, -0.15) is 0 Å². The Morgan fingerprint density at radius 2 is 1.60 bits per heavy atom. The van der Waals surface area contributed by atoms with E-state index in [0.29, 0.717) is 6.42 Å². The first-order valence-electron chi connectivity index (χ1n) is 12.3. The summed E-state index contributed by atoms with van der Waals surface area (Å²) in [7, 11) is 0. The smallest absolute Gasteiger partial charge is 0.259 e. The molecule has 180 valence electrons. The zero-order chi connectivity index (χ0) is 24.4. The molecule has 0 bridgehead atoms. The van der Waals surface area contributed by atoms with E-state index in [-0.39, 0.29) is 5.91 Å². The van der Waals surface area contributed by atoms with Crippen molar-refractivity contribution in [2.75, 3.05) is 36.0 Å². The summed E-state index contributed by atoms with van der Waals surface area (Å²) in [6, 6.07) is 24.1. The molecule has 0 radical (unpaired) electrons. The van der Waals surface area contributed by atoms with Gasteiger partial charge in [0.05, 0.1) is 5.69 Å². The van der Waals surface area contributed by atoms with Crippen molar-refractivity contribution in [1.29, 1.82) is 0 Å². The van der Waals surface area contributed by atoms with Crippen molar-refractivity contribution in [1.82, 2.24) is 4.90 Å². The van der Waals surface area contributed by atoms with Crippen LogP contribution >= 0.6 is 11.6 Å². The van der Waals surface area contributed by atoms with Crippen LogP contribution in [0.5, 0.6) is 0 Å². The van der Waals surface area contributed by atoms with Gasteiger partial charge in [-0.15, -0.1) is 0 Å². The number of hydrogen-bond donors (Lipinski definition) is 0. The SMILES string of the molecule is CCc1cccc(N2C(=O)C(Cc3ccccc3)N=C2N2CCN(c3cc(Cl)ccc3C)CC2)c1. The molecule has 2 heterocycles. The highest BCUT2D eigenvalue weighted by molar-refractivity contribution is 6.30. The van der Waals surface area contributed by atoms with Gasteiger partial charge in [0.15, 0.2) is 0 Å². The molecule has 2 aliphatic rings. The van der Waals surface area contributed by atoms with Crippen LogP contribution in [-0.2, 0) is 17.6 Å². The summed E-state index contributed by atoms with van der Waals surface area (Å²) in [5.41, 5.74) is 5.63. The van der Waals surface area contributed by atoms with Crippen molar-refractivity contribution in [3.05, 3.63) is 94.5 Å². The van der Waals surface area contributed by atoms with Crippen LogP contribution in [0.25, 0.3) is 0 Å². The third-order valence-corrected chi connectivity index (χ3v) is 7.14. The molecule has 6 heteroatoms. The molecule has 3 aromatic rings. The van der Waals surface area contributed by atoms with E-state index in [1.54, 1.807) is 0 Å². The summed E-state index contributed by atoms with van der Waals surface area (Å²) in [5.74, 6) is 0.817. The van der Waals surface area contributed by atoms with Crippen LogP contribution in [-0.4, -0.2) is 49.0 Å². The number of halogens is 1. The molecule has 1 atom stereocenters. The van der Waals surface area contributed by atoms with Crippen LogP contribution in [0.1, 0.15) is 23.6 Å². The molecule has 0 saturated carbocycles. The summed E-state index contributed by atoms with van der Waals surface area (Å²) < 4.78 is 0. The molecule has 3 aromatic carbocycles. The summed E-state index contributed by atoms with van der Waals surface area (Å²) in [6.45, 7) is 7.53. The van der Waals surface area contributed by atoms with Gasteiger partial charge in [0.1, 0.15) is 6.04 Å². The Kier molecular flexibility index (Phi) is 6.78. The fraction of sp³-hybridized carbons (Fsp3) is 0.310. The number of carbonyl (C=O) groups is 1. The lowest BCUT2D eigenvalue weighted by Gasteiger charge is -2.39. The lowest BCUT2D eigenvalue weighted by Crippen LogP contribution is -2.53. The highest BCUT2D eigenvalue weighted by Crippen LogP contribution is 2.29. The van der Waals surface area contributed by atoms with Gasteiger partial charge in [0.2, 0.25) is 5.96 Å². The van der Waals surface area contributed by atoms with E-state index in [1.807, 2.05) is 47.4 Å². The topological polar surface area (TPSA) is 39.2 Å². The highest BCUT2D eigenvalue weighted by atomic mass is 35.5. The molecular weight excluding hydrogens is 456 g/mol. The second kappa shape index (κ2) is 10.1. The number of benzene rings is 3. The molecule has 0 aromatic heterocycles. The van der Waals surface area contributed by atoms with Crippen LogP contribution in [0.4, 0.5) is 11.4 Å². The second-order valence-corrected chi connectivity index (χ2v) is 9.67. The molecule has 1 fully saturated rings. The van der Waals surface area contributed by atoms with Gasteiger partial charge < -0.3 is 9.80 Å². The molecule has 1 saturated heterocycles. The largest absolute Gasteiger partial charge is 0.368 e. The van der Waals surface area contributed by atoms with Gasteiger partial charge in [0.25, 0.3) is 5.91 Å². The van der Waals surface area contributed by atoms with E-state index >= 15 is 0 Å². The lowest BCUT2D eigenvalue weighted by molar-refractivity contribution is -0.118. The van der Waals surface area contributed by atoms with Gasteiger partial charge in [-0.05, 0) is 54.3 Å². The molecule has 5 rings (SSSR count). The zero-order valence-electron chi connectivity index (χ0n) is 20.3. The monoisotopic (exact) mass is 486 g/mol. The molecule has 2 aliphatic heterocycles. The number of hydrogen-bond acceptors (Lipinski definition) is 4. The fourth-order valence-electron chi connectivity index (χ4n) is 4.92. The minimum absolute atomic E-state index is 0.0465. The Bertz CT molecular complexity index is 1230. The number of guanidine groups is 1. The minimum Gasteiger partial charge on any atom is -0.368 e. The molecule has 1 unspecified atom stereocenters. The molecule has 5 nitrogen and oxygen atoms in total. The normalized spacial score (nSPS) is 18.3. The highest BCUT2D eigenvalue weighted by Gasteiger charge is 2.39. The van der Waals surface area contributed by atoms with Crippen LogP contribution < -0.4 is 9.80 Å². The first kappa shape index (κ1) is 23.4. The number of aliphatic imine (C=N–C) groups is 1. The average Bonchev–Trinajstić information content (AvgIpc) is 3.22. The minimum atomic E-state index is -0.411. The molecule has 35 heavy (non-hydrogen) atoms. The molecule has 0 aliphatic carbocycles. The van der Waals surface area contributed by atoms with Crippen molar-refractivity contribution >= 4 is 34.8 Å². The van der Waals surface area contributed by atoms with Crippen molar-refractivity contribution in [2.24, 2.45) is 4.99 Å². The van der Waals surface area contributed by atoms with E-state index < -0.39 is 6.04 Å². The van der Waals surface area contributed by atoms with Gasteiger partial charge in [-0.25, -0.2) is 9.89 Å². The standard InChI is InChI=1S/C29H31ClN4O/c1-3-22-10-7-11-25(18-22)34-28(35)26(19-23-8-5-4-6-9-23)31-29(34)33-16-14-32(15-17-33)27-20-24(30)13-12-21(27)2/h4-13,18,20,26H,3,14-17,19H2,1-2H3. The van der Waals surface area contributed by atoms with Gasteiger partial charge in [-0.1, -0.05) is 67.1 Å². The Balaban J connectivity index is 1.41. The van der Waals surface area contributed by atoms with Crippen LogP contribution in [0.3, 0.4) is 0 Å². The number of rotatable bonds is 5. The average molecular weight is 487 g/mol. The van der Waals surface area contributed by atoms with Crippen LogP contribution in [0, 0.1) is 6.92 Å². The third-order valence-electron chi connectivity index (χ3n) is 6.90. The second-order valence-electron chi connectivity index (χ2n) is 9.24. The quantitative estimate of drug-likeness (QED) is 0.488. The Hall–Kier alpha value is -3.31. The van der Waals surface area contributed by atoms with E-state index in [2.05, 4.69) is 54.0 Å². The van der Waals surface area contributed by atoms with Crippen LogP contribution in [0.2, 0.25) is 5.02 Å². The Morgan fingerprint density at radius 3 is 2.34 bits per heavy atom. The van der Waals surface area contributed by atoms with Crippen molar-refractivity contribution < 1.29 is 4.79 Å². The van der Waals surface area contributed by atoms with Gasteiger partial charge in [-0.3, -0.25) is 4.79 Å². The van der Waals surface area contributed by atoms with Gasteiger partial charge in [0, 0.05) is 43.3 Å². The fourth-order valence-corrected chi connectivity index (χ4v) is 5.09. The van der Waals surface area contributed by atoms with E-state index in [1.165, 1.54) is 16.8 Å². The first-order valence-corrected chi connectivity index (χ1v) is 12.7. The number of nitrogens with zero attached hydrogens (tertiary/aromatic N) is 4. The number of aryl methyl sites for hydroxylation is 2. The maximum Gasteiger partial charge on any atom is 0.259 e. The Labute approximate surface area is 212 Å². The number of amides is 1. The third kappa shape index (κ3) is 4.92. The lowest BCUT2D eigenvalue weighted by atomic mass is 10.1. The molecule has 1 amide bonds. The summed E-state index contributed by atoms with van der Waals surface area (Å²) in [5, 5.41) is 0.754. The Morgan fingerprint density at radius 1 is 0.886 bits per heavy atom. The maximum atomic E-state index is 13.7. The first-order chi connectivity index (χ1) is 17.0. The molecule has 0 N–H and O–H groups in total. The van der Waals surface area contributed by atoms with Crippen LogP contribution in [0.15, 0.2) is 77.8 Å². The summed E-state index contributed by atoms with van der Waals surface area (Å²) in [6.07, 6.45) is 1.53. The zero-order valence-corrected chi connectivity index (χ0v) is 21.1. The summed E-state index contributed by atoms with van der Waals surface area (Å²) >= 11 is 6.28. The van der Waals surface area contributed by atoms with Crippen molar-refractivity contribution in [2.45, 2.75) is 32.7 Å². The molecule has 0 spiro atoms. The molecular formula is C29H31ClN4O. The van der Waals surface area contributed by atoms with E-state index in [4.69, 9.17) is 16.6 Å². The summed E-state index contributed by atoms with van der Waals surface area (Å²) in [4.78, 5) is 25.2. The van der Waals surface area contributed by atoms with E-state index in [0.717, 1.165) is 54.8 Å². The van der Waals surface area contributed by atoms with Crippen molar-refractivity contribution in [3.8, 4) is 0 Å². The van der Waals surface area contributed by atoms with E-state index in [9.17, 15) is 4.79 Å². The maximum absolute atomic E-state index is 13.7. The predicted molar refractivity (Wildman–Crippen MR) is 145 cm³/mol. The van der Waals surface area contributed by atoms with Gasteiger partial charge >= 0.3 is 0 Å². The number of piperazine rings is 1. The van der Waals surface area contributed by atoms with Crippen molar-refractivity contribution in [3.63, 3.8) is 0 Å².